The fraction of sp³-hybridized carbons (Fsp3) is 0.935. The molecule has 0 aromatic carbocycles. The number of hydrogen-bond donors (Lipinski definition) is 3. The van der Waals surface area contributed by atoms with Crippen molar-refractivity contribution in [3.05, 3.63) is 0 Å². The van der Waals surface area contributed by atoms with Gasteiger partial charge in [0, 0.05) is 25.7 Å². The van der Waals surface area contributed by atoms with Crippen LogP contribution in [0.15, 0.2) is 0 Å². The Hall–Kier alpha value is -1.94. The van der Waals surface area contributed by atoms with E-state index in [0.717, 1.165) is 114 Å². The predicted molar refractivity (Wildman–Crippen MR) is 321 cm³/mol. The molecule has 0 saturated carbocycles. The molecule has 0 heterocycles. The first kappa shape index (κ1) is 79.1. The molecule has 0 aliphatic rings. The van der Waals surface area contributed by atoms with Crippen molar-refractivity contribution in [2.45, 2.75) is 317 Å². The minimum atomic E-state index is -4.94. The lowest BCUT2D eigenvalue weighted by molar-refractivity contribution is -0.161. The second kappa shape index (κ2) is 53.5. The van der Waals surface area contributed by atoms with E-state index in [1.807, 2.05) is 0 Å². The van der Waals surface area contributed by atoms with Crippen LogP contribution in [0.5, 0.6) is 0 Å². The molecule has 0 fully saturated rings. The number of carbonyl (C=O) groups excluding carboxylic acids is 4. The number of ether oxygens (including phenoxy) is 4. The van der Waals surface area contributed by atoms with Crippen molar-refractivity contribution < 1.29 is 80.2 Å². The number of carbonyl (C=O) groups is 4. The van der Waals surface area contributed by atoms with E-state index >= 15 is 0 Å². The Labute approximate surface area is 492 Å². The second-order valence-electron chi connectivity index (χ2n) is 23.6. The van der Waals surface area contributed by atoms with E-state index in [1.54, 1.807) is 0 Å². The van der Waals surface area contributed by atoms with Gasteiger partial charge in [-0.25, -0.2) is 9.13 Å². The average molecular weight is 1200 g/mol. The van der Waals surface area contributed by atoms with Crippen LogP contribution in [0.25, 0.3) is 0 Å². The molecule has 0 aliphatic carbocycles. The molecule has 6 atom stereocenters. The van der Waals surface area contributed by atoms with Crippen LogP contribution in [0.1, 0.15) is 299 Å². The summed E-state index contributed by atoms with van der Waals surface area (Å²) in [5.74, 6) is 0.0974. The minimum Gasteiger partial charge on any atom is -0.462 e. The molecule has 0 aliphatic heterocycles. The Kier molecular flexibility index (Phi) is 52.2. The molecule has 0 spiro atoms. The van der Waals surface area contributed by atoms with Crippen LogP contribution in [0, 0.1) is 17.8 Å². The topological polar surface area (TPSA) is 237 Å². The molecule has 0 amide bonds. The lowest BCUT2D eigenvalue weighted by Crippen LogP contribution is -2.30. The molecular weight excluding hydrogens is 1080 g/mol. The van der Waals surface area contributed by atoms with Crippen molar-refractivity contribution in [3.63, 3.8) is 0 Å². The maximum Gasteiger partial charge on any atom is 0.472 e. The maximum atomic E-state index is 12.9. The zero-order valence-electron chi connectivity index (χ0n) is 52.2. The van der Waals surface area contributed by atoms with Crippen molar-refractivity contribution in [2.75, 3.05) is 39.6 Å². The number of aliphatic hydroxyl groups excluding tert-OH is 1. The van der Waals surface area contributed by atoms with Crippen LogP contribution in [0.4, 0.5) is 0 Å². The van der Waals surface area contributed by atoms with Gasteiger partial charge in [-0.05, 0) is 43.4 Å². The van der Waals surface area contributed by atoms with Gasteiger partial charge in [0.1, 0.15) is 19.3 Å². The van der Waals surface area contributed by atoms with Gasteiger partial charge in [-0.1, -0.05) is 248 Å². The molecule has 3 N–H and O–H groups in total. The van der Waals surface area contributed by atoms with Gasteiger partial charge in [0.15, 0.2) is 12.2 Å². The number of hydrogen-bond acceptors (Lipinski definition) is 15. The van der Waals surface area contributed by atoms with Gasteiger partial charge in [-0.15, -0.1) is 0 Å². The van der Waals surface area contributed by atoms with Gasteiger partial charge in [0.2, 0.25) is 0 Å². The van der Waals surface area contributed by atoms with Gasteiger partial charge in [0.25, 0.3) is 0 Å². The highest BCUT2D eigenvalue weighted by Crippen LogP contribution is 2.45. The van der Waals surface area contributed by atoms with Gasteiger partial charge in [-0.2, -0.15) is 0 Å². The van der Waals surface area contributed by atoms with Gasteiger partial charge >= 0.3 is 39.5 Å². The van der Waals surface area contributed by atoms with Crippen LogP contribution in [-0.4, -0.2) is 96.7 Å². The van der Waals surface area contributed by atoms with Crippen molar-refractivity contribution in [2.24, 2.45) is 17.8 Å². The summed E-state index contributed by atoms with van der Waals surface area (Å²) in [5, 5.41) is 10.5. The van der Waals surface area contributed by atoms with Crippen molar-refractivity contribution in [3.8, 4) is 0 Å². The summed E-state index contributed by atoms with van der Waals surface area (Å²) in [5.41, 5.74) is 0. The summed E-state index contributed by atoms with van der Waals surface area (Å²) >= 11 is 0. The fourth-order valence-corrected chi connectivity index (χ4v) is 10.7. The van der Waals surface area contributed by atoms with Crippen molar-refractivity contribution >= 4 is 39.5 Å². The fourth-order valence-electron chi connectivity index (χ4n) is 9.09. The van der Waals surface area contributed by atoms with Crippen LogP contribution >= 0.6 is 15.6 Å². The monoisotopic (exact) mass is 1200 g/mol. The van der Waals surface area contributed by atoms with Crippen LogP contribution in [0.2, 0.25) is 0 Å². The molecule has 0 radical (unpaired) electrons. The standard InChI is InChI=1S/C62H120O17P2/c1-8-10-11-26-36-43-59(64)72-49-57(78-62(67)46-39-32-25-19-17-21-28-34-41-54(5)6)51-76-80(68,69)74-47-56(63)48-75-81(70,71)77-52-58(50-73-60(65)44-37-30-23-18-16-20-27-33-40-53(3)4)79-61(66)45-38-31-24-15-13-12-14-22-29-35-42-55(7)9-2/h53-58,63H,8-52H2,1-7H3,(H,68,69)(H,70,71)/t55?,56-,57+,58+/m0/s1. The van der Waals surface area contributed by atoms with E-state index in [4.69, 9.17) is 37.0 Å². The molecule has 0 bridgehead atoms. The number of esters is 4. The molecule has 3 unspecified atom stereocenters. The highest BCUT2D eigenvalue weighted by atomic mass is 31.2. The second-order valence-corrected chi connectivity index (χ2v) is 26.5. The third-order valence-corrected chi connectivity index (χ3v) is 16.4. The number of phosphoric acid groups is 2. The number of unbranched alkanes of at least 4 members (excludes halogenated alkanes) is 27. The first-order valence-corrected chi connectivity index (χ1v) is 35.4. The highest BCUT2D eigenvalue weighted by Gasteiger charge is 2.30. The Morgan fingerprint density at radius 3 is 0.938 bits per heavy atom. The molecule has 0 aromatic rings. The third-order valence-electron chi connectivity index (χ3n) is 14.5. The Balaban J connectivity index is 5.19. The van der Waals surface area contributed by atoms with Crippen LogP contribution < -0.4 is 0 Å². The largest absolute Gasteiger partial charge is 0.472 e. The van der Waals surface area contributed by atoms with Crippen molar-refractivity contribution in [1.29, 1.82) is 0 Å². The predicted octanol–water partition coefficient (Wildman–Crippen LogP) is 16.7. The normalized spacial score (nSPS) is 14.8. The van der Waals surface area contributed by atoms with Gasteiger partial charge < -0.3 is 33.8 Å². The summed E-state index contributed by atoms with van der Waals surface area (Å²) in [4.78, 5) is 71.9. The number of phosphoric ester groups is 2. The van der Waals surface area contributed by atoms with Gasteiger partial charge in [0.05, 0.1) is 26.4 Å². The molecule has 0 rings (SSSR count). The van der Waals surface area contributed by atoms with Gasteiger partial charge in [-0.3, -0.25) is 37.3 Å². The third kappa shape index (κ3) is 55.7. The SMILES string of the molecule is CCCCCCCC(=O)OC[C@H](COP(=O)(O)OC[C@H](O)COP(=O)(O)OC[C@@H](COC(=O)CCCCCCCCCCC(C)C)OC(=O)CCCCCCCCCCCCC(C)CC)OC(=O)CCCCCCCCCCC(C)C. The molecule has 17 nitrogen and oxygen atoms in total. The smallest absolute Gasteiger partial charge is 0.462 e. The molecule has 480 valence electrons. The molecule has 0 saturated heterocycles. The quantitative estimate of drug-likeness (QED) is 0.0222. The zero-order chi connectivity index (χ0) is 60.3. The zero-order valence-corrected chi connectivity index (χ0v) is 54.0. The summed E-state index contributed by atoms with van der Waals surface area (Å²) < 4.78 is 67.7. The van der Waals surface area contributed by atoms with E-state index < -0.39 is 97.5 Å². The number of aliphatic hydroxyl groups is 1. The van der Waals surface area contributed by atoms with E-state index in [1.165, 1.54) is 103 Å². The first-order valence-electron chi connectivity index (χ1n) is 32.4. The van der Waals surface area contributed by atoms with Crippen LogP contribution in [0.3, 0.4) is 0 Å². The maximum absolute atomic E-state index is 12.9. The summed E-state index contributed by atoms with van der Waals surface area (Å²) in [6, 6.07) is 0. The summed E-state index contributed by atoms with van der Waals surface area (Å²) in [6.45, 7) is 11.6. The van der Waals surface area contributed by atoms with Crippen molar-refractivity contribution in [1.82, 2.24) is 0 Å². The van der Waals surface area contributed by atoms with E-state index in [2.05, 4.69) is 48.5 Å². The summed E-state index contributed by atoms with van der Waals surface area (Å²) in [7, 11) is -9.88. The van der Waals surface area contributed by atoms with E-state index in [9.17, 15) is 43.2 Å². The molecule has 19 heteroatoms. The Morgan fingerprint density at radius 2 is 0.630 bits per heavy atom. The Bertz CT molecular complexity index is 1620. The highest BCUT2D eigenvalue weighted by molar-refractivity contribution is 7.47. The number of rotatable bonds is 60. The minimum absolute atomic E-state index is 0.103. The van der Waals surface area contributed by atoms with Crippen LogP contribution in [-0.2, 0) is 65.4 Å². The lowest BCUT2D eigenvalue weighted by Gasteiger charge is -2.21. The molecular formula is C62H120O17P2. The lowest BCUT2D eigenvalue weighted by atomic mass is 9.99. The first-order chi connectivity index (χ1) is 38.8. The molecule has 0 aromatic heterocycles. The Morgan fingerprint density at radius 1 is 0.358 bits per heavy atom. The molecule has 81 heavy (non-hydrogen) atoms. The van der Waals surface area contributed by atoms with E-state index in [0.29, 0.717) is 25.7 Å². The van der Waals surface area contributed by atoms with E-state index in [-0.39, 0.29) is 25.7 Å². The summed E-state index contributed by atoms with van der Waals surface area (Å²) in [6.07, 6.45) is 33.8. The average Bonchev–Trinajstić information content (AvgIpc) is 3.42.